The van der Waals surface area contributed by atoms with Crippen molar-refractivity contribution in [3.05, 3.63) is 0 Å². The minimum Gasteiger partial charge on any atom is -0.377 e. The van der Waals surface area contributed by atoms with Crippen LogP contribution in [-0.2, 0) is 9.53 Å². The van der Waals surface area contributed by atoms with Crippen LogP contribution in [0.25, 0.3) is 0 Å². The van der Waals surface area contributed by atoms with Crippen LogP contribution < -0.4 is 5.73 Å². The van der Waals surface area contributed by atoms with Crippen molar-refractivity contribution < 1.29 is 9.53 Å². The van der Waals surface area contributed by atoms with Gasteiger partial charge >= 0.3 is 0 Å². The summed E-state index contributed by atoms with van der Waals surface area (Å²) in [5, 5.41) is 0. The Morgan fingerprint density at radius 2 is 2.25 bits per heavy atom. The summed E-state index contributed by atoms with van der Waals surface area (Å²) in [5.41, 5.74) is 5.90. The molecule has 2 fully saturated rings. The van der Waals surface area contributed by atoms with Gasteiger partial charge in [-0.05, 0) is 32.6 Å². The van der Waals surface area contributed by atoms with E-state index in [1.54, 1.807) is 0 Å². The number of carbonyl (C=O) groups is 1. The lowest BCUT2D eigenvalue weighted by molar-refractivity contribution is -0.133. The third kappa shape index (κ3) is 2.74. The van der Waals surface area contributed by atoms with Crippen LogP contribution >= 0.6 is 0 Å². The first-order chi connectivity index (χ1) is 7.59. The van der Waals surface area contributed by atoms with E-state index in [9.17, 15) is 4.79 Å². The fourth-order valence-electron chi connectivity index (χ4n) is 2.44. The maximum absolute atomic E-state index is 12.1. The lowest BCUT2D eigenvalue weighted by atomic mass is 9.75. The van der Waals surface area contributed by atoms with Crippen molar-refractivity contribution in [3.8, 4) is 0 Å². The predicted octanol–water partition coefficient (Wildman–Crippen LogP) is 0.895. The van der Waals surface area contributed by atoms with Gasteiger partial charge in [-0.15, -0.1) is 0 Å². The molecule has 0 radical (unpaired) electrons. The Hall–Kier alpha value is -0.610. The first-order valence-electron chi connectivity index (χ1n) is 6.27. The maximum atomic E-state index is 12.1. The molecule has 0 aromatic carbocycles. The Kier molecular flexibility index (Phi) is 3.50. The number of amides is 1. The monoisotopic (exact) mass is 226 g/mol. The van der Waals surface area contributed by atoms with Gasteiger partial charge < -0.3 is 15.4 Å². The zero-order valence-electron chi connectivity index (χ0n) is 10.1. The number of nitrogens with zero attached hydrogens (tertiary/aromatic N) is 1. The molecule has 4 heteroatoms. The van der Waals surface area contributed by atoms with Crippen LogP contribution in [0.5, 0.6) is 0 Å². The van der Waals surface area contributed by atoms with Crippen LogP contribution in [0.1, 0.15) is 39.0 Å². The molecule has 1 unspecified atom stereocenters. The van der Waals surface area contributed by atoms with E-state index in [0.29, 0.717) is 6.42 Å². The zero-order chi connectivity index (χ0) is 11.6. The molecule has 16 heavy (non-hydrogen) atoms. The molecule has 2 rings (SSSR count). The minimum atomic E-state index is -0.201. The largest absolute Gasteiger partial charge is 0.377 e. The van der Waals surface area contributed by atoms with Crippen molar-refractivity contribution >= 4 is 5.91 Å². The molecule has 0 aromatic heterocycles. The molecule has 1 saturated carbocycles. The molecule has 2 N–H and O–H groups in total. The molecule has 2 aliphatic rings. The first-order valence-corrected chi connectivity index (χ1v) is 6.27. The predicted molar refractivity (Wildman–Crippen MR) is 62.0 cm³/mol. The van der Waals surface area contributed by atoms with E-state index in [1.165, 1.54) is 6.42 Å². The number of ether oxygens (including phenoxy) is 1. The molecule has 0 aromatic rings. The first kappa shape index (κ1) is 11.9. The van der Waals surface area contributed by atoms with E-state index in [2.05, 4.69) is 0 Å². The summed E-state index contributed by atoms with van der Waals surface area (Å²) in [7, 11) is 0. The van der Waals surface area contributed by atoms with E-state index in [4.69, 9.17) is 10.5 Å². The lowest BCUT2D eigenvalue weighted by Gasteiger charge is -2.39. The maximum Gasteiger partial charge on any atom is 0.224 e. The Morgan fingerprint density at radius 1 is 1.50 bits per heavy atom. The molecule has 1 amide bonds. The summed E-state index contributed by atoms with van der Waals surface area (Å²) in [4.78, 5) is 14.0. The number of rotatable bonds is 2. The topological polar surface area (TPSA) is 55.6 Å². The standard InChI is InChI=1S/C12H22N2O2/c1-10-9-14(6-3-7-16-10)11(15)8-12(13)4-2-5-12/h10H,2-9,13H2,1H3. The van der Waals surface area contributed by atoms with Gasteiger partial charge in [-0.3, -0.25) is 4.79 Å². The molecular weight excluding hydrogens is 204 g/mol. The Morgan fingerprint density at radius 3 is 2.88 bits per heavy atom. The Labute approximate surface area is 97.1 Å². The van der Waals surface area contributed by atoms with E-state index in [1.807, 2.05) is 11.8 Å². The van der Waals surface area contributed by atoms with E-state index < -0.39 is 0 Å². The summed E-state index contributed by atoms with van der Waals surface area (Å²) in [6, 6.07) is 0. The van der Waals surface area contributed by atoms with Crippen LogP contribution in [0.15, 0.2) is 0 Å². The van der Waals surface area contributed by atoms with Crippen molar-refractivity contribution in [1.29, 1.82) is 0 Å². The normalized spacial score (nSPS) is 29.4. The summed E-state index contributed by atoms with van der Waals surface area (Å²) >= 11 is 0. The zero-order valence-corrected chi connectivity index (χ0v) is 10.1. The van der Waals surface area contributed by atoms with Gasteiger partial charge in [0.15, 0.2) is 0 Å². The van der Waals surface area contributed by atoms with E-state index in [-0.39, 0.29) is 17.6 Å². The number of hydrogen-bond acceptors (Lipinski definition) is 3. The van der Waals surface area contributed by atoms with Crippen molar-refractivity contribution in [2.75, 3.05) is 19.7 Å². The highest BCUT2D eigenvalue weighted by atomic mass is 16.5. The van der Waals surface area contributed by atoms with Crippen molar-refractivity contribution in [3.63, 3.8) is 0 Å². The van der Waals surface area contributed by atoms with Gasteiger partial charge in [0.2, 0.25) is 5.91 Å². The molecule has 1 saturated heterocycles. The Balaban J connectivity index is 1.87. The lowest BCUT2D eigenvalue weighted by Crippen LogP contribution is -2.51. The van der Waals surface area contributed by atoms with Crippen LogP contribution in [-0.4, -0.2) is 42.1 Å². The van der Waals surface area contributed by atoms with E-state index in [0.717, 1.165) is 39.0 Å². The van der Waals surface area contributed by atoms with Crippen molar-refractivity contribution in [1.82, 2.24) is 4.90 Å². The van der Waals surface area contributed by atoms with Gasteiger partial charge in [-0.2, -0.15) is 0 Å². The second kappa shape index (κ2) is 4.72. The van der Waals surface area contributed by atoms with Crippen LogP contribution in [0, 0.1) is 0 Å². The second-order valence-corrected chi connectivity index (χ2v) is 5.27. The van der Waals surface area contributed by atoms with Crippen molar-refractivity contribution in [2.45, 2.75) is 50.7 Å². The number of hydrogen-bond donors (Lipinski definition) is 1. The smallest absolute Gasteiger partial charge is 0.224 e. The molecular formula is C12H22N2O2. The van der Waals surface area contributed by atoms with Gasteiger partial charge in [-0.25, -0.2) is 0 Å². The molecule has 0 spiro atoms. The molecule has 92 valence electrons. The molecule has 1 aliphatic heterocycles. The summed E-state index contributed by atoms with van der Waals surface area (Å²) in [5.74, 6) is 0.208. The third-order valence-corrected chi connectivity index (χ3v) is 3.66. The molecule has 4 nitrogen and oxygen atoms in total. The summed E-state index contributed by atoms with van der Waals surface area (Å²) in [6.45, 7) is 4.32. The molecule has 0 bridgehead atoms. The third-order valence-electron chi connectivity index (χ3n) is 3.66. The number of carbonyl (C=O) groups excluding carboxylic acids is 1. The highest BCUT2D eigenvalue weighted by Crippen LogP contribution is 2.32. The fourth-order valence-corrected chi connectivity index (χ4v) is 2.44. The average Bonchev–Trinajstić information content (AvgIpc) is 2.40. The summed E-state index contributed by atoms with van der Waals surface area (Å²) in [6.07, 6.45) is 4.77. The summed E-state index contributed by atoms with van der Waals surface area (Å²) < 4.78 is 5.53. The van der Waals surface area contributed by atoms with Gasteiger partial charge in [0.25, 0.3) is 0 Å². The highest BCUT2D eigenvalue weighted by molar-refractivity contribution is 5.77. The van der Waals surface area contributed by atoms with Crippen molar-refractivity contribution in [2.24, 2.45) is 5.73 Å². The van der Waals surface area contributed by atoms with Gasteiger partial charge in [0, 0.05) is 31.7 Å². The van der Waals surface area contributed by atoms with Crippen LogP contribution in [0.3, 0.4) is 0 Å². The fraction of sp³-hybridized carbons (Fsp3) is 0.917. The average molecular weight is 226 g/mol. The molecule has 1 heterocycles. The minimum absolute atomic E-state index is 0.154. The second-order valence-electron chi connectivity index (χ2n) is 5.27. The van der Waals surface area contributed by atoms with Crippen LogP contribution in [0.2, 0.25) is 0 Å². The molecule has 1 atom stereocenters. The van der Waals surface area contributed by atoms with E-state index >= 15 is 0 Å². The highest BCUT2D eigenvalue weighted by Gasteiger charge is 2.36. The molecule has 1 aliphatic carbocycles. The quantitative estimate of drug-likeness (QED) is 0.761. The van der Waals surface area contributed by atoms with Gasteiger partial charge in [0.05, 0.1) is 6.10 Å². The van der Waals surface area contributed by atoms with Crippen LogP contribution in [0.4, 0.5) is 0 Å². The number of nitrogens with two attached hydrogens (primary N) is 1. The Bertz CT molecular complexity index is 264. The van der Waals surface area contributed by atoms with Gasteiger partial charge in [0.1, 0.15) is 0 Å². The van der Waals surface area contributed by atoms with Gasteiger partial charge in [-0.1, -0.05) is 0 Å². The SMILES string of the molecule is CC1CN(C(=O)CC2(N)CCC2)CCCO1.